The van der Waals surface area contributed by atoms with Crippen LogP contribution in [0.15, 0.2) is 67.0 Å². The second kappa shape index (κ2) is 7.76. The van der Waals surface area contributed by atoms with E-state index in [1.165, 1.54) is 16.9 Å². The van der Waals surface area contributed by atoms with Crippen LogP contribution in [-0.2, 0) is 0 Å². The van der Waals surface area contributed by atoms with E-state index in [2.05, 4.69) is 89.2 Å². The Bertz CT molecular complexity index is 963. The molecule has 4 rings (SSSR count). The van der Waals surface area contributed by atoms with Crippen LogP contribution in [0, 0.1) is 12.8 Å². The van der Waals surface area contributed by atoms with Crippen LogP contribution in [0.2, 0.25) is 0 Å². The van der Waals surface area contributed by atoms with E-state index in [0.717, 1.165) is 17.4 Å². The van der Waals surface area contributed by atoms with Gasteiger partial charge in [-0.1, -0.05) is 38.1 Å². The molecule has 1 saturated heterocycles. The summed E-state index contributed by atoms with van der Waals surface area (Å²) < 4.78 is 2.29. The van der Waals surface area contributed by atoms with Crippen molar-refractivity contribution in [2.45, 2.75) is 32.9 Å². The maximum atomic E-state index is 5.75. The molecule has 0 saturated carbocycles. The fourth-order valence-corrected chi connectivity index (χ4v) is 4.32. The van der Waals surface area contributed by atoms with Gasteiger partial charge in [-0.3, -0.25) is 4.98 Å². The summed E-state index contributed by atoms with van der Waals surface area (Å²) in [6.45, 7) is 7.51. The summed E-state index contributed by atoms with van der Waals surface area (Å²) in [5, 5.41) is 4.34. The number of para-hydroxylation sites is 1. The fourth-order valence-electron chi connectivity index (χ4n) is 4.01. The van der Waals surface area contributed by atoms with E-state index in [1.807, 2.05) is 18.3 Å². The molecule has 2 aromatic heterocycles. The van der Waals surface area contributed by atoms with Crippen molar-refractivity contribution in [3.8, 4) is 5.69 Å². The number of aryl methyl sites for hydroxylation is 1. The van der Waals surface area contributed by atoms with Crippen LogP contribution in [0.1, 0.15) is 42.9 Å². The Morgan fingerprint density at radius 3 is 2.57 bits per heavy atom. The third-order valence-corrected chi connectivity index (χ3v) is 5.57. The minimum absolute atomic E-state index is 0.0186. The molecule has 0 amide bonds. The van der Waals surface area contributed by atoms with Crippen LogP contribution in [0.3, 0.4) is 0 Å². The fraction of sp³-hybridized carbons (Fsp3) is 0.304. The molecule has 0 aliphatic carbocycles. The molecule has 3 aromatic rings. The molecule has 28 heavy (non-hydrogen) atoms. The molecular formula is C23H26N4S. The first-order valence-corrected chi connectivity index (χ1v) is 10.2. The van der Waals surface area contributed by atoms with Crippen LogP contribution < -0.4 is 5.32 Å². The largest absolute Gasteiger partial charge is 0.352 e. The lowest BCUT2D eigenvalue weighted by molar-refractivity contribution is 0.280. The lowest BCUT2D eigenvalue weighted by atomic mass is 10.00. The Morgan fingerprint density at radius 1 is 1.07 bits per heavy atom. The van der Waals surface area contributed by atoms with E-state index in [-0.39, 0.29) is 12.1 Å². The number of aromatic nitrogens is 2. The van der Waals surface area contributed by atoms with Crippen molar-refractivity contribution in [3.63, 3.8) is 0 Å². The maximum Gasteiger partial charge on any atom is 0.170 e. The number of hydrogen-bond donors (Lipinski definition) is 1. The molecule has 0 bridgehead atoms. The molecule has 1 N–H and O–H groups in total. The number of nitrogens with one attached hydrogen (secondary N) is 1. The molecule has 0 radical (unpaired) electrons. The van der Waals surface area contributed by atoms with Crippen LogP contribution in [-0.4, -0.2) is 26.1 Å². The first-order valence-electron chi connectivity index (χ1n) is 9.77. The summed E-state index contributed by atoms with van der Waals surface area (Å²) in [6.07, 6.45) is 3.99. The molecule has 2 atom stereocenters. The average molecular weight is 391 g/mol. The first-order chi connectivity index (χ1) is 13.6. The molecule has 144 valence electrons. The topological polar surface area (TPSA) is 33.1 Å². The molecule has 4 nitrogen and oxygen atoms in total. The van der Waals surface area contributed by atoms with Crippen molar-refractivity contribution >= 4 is 17.3 Å². The number of rotatable bonds is 5. The van der Waals surface area contributed by atoms with Gasteiger partial charge in [0.15, 0.2) is 5.11 Å². The lowest BCUT2D eigenvalue weighted by Crippen LogP contribution is -2.33. The van der Waals surface area contributed by atoms with Gasteiger partial charge in [-0.15, -0.1) is 0 Å². The van der Waals surface area contributed by atoms with E-state index in [4.69, 9.17) is 12.2 Å². The first kappa shape index (κ1) is 18.7. The highest BCUT2D eigenvalue weighted by Crippen LogP contribution is 2.40. The Hall–Kier alpha value is -2.66. The van der Waals surface area contributed by atoms with Crippen molar-refractivity contribution in [3.05, 3.63) is 83.9 Å². The van der Waals surface area contributed by atoms with Crippen molar-refractivity contribution in [2.24, 2.45) is 5.92 Å². The van der Waals surface area contributed by atoms with Crippen molar-refractivity contribution in [1.82, 2.24) is 19.8 Å². The Labute approximate surface area is 172 Å². The predicted octanol–water partition coefficient (Wildman–Crippen LogP) is 4.81. The number of nitrogens with zero attached hydrogens (tertiary/aromatic N) is 3. The summed E-state index contributed by atoms with van der Waals surface area (Å²) in [4.78, 5) is 6.95. The average Bonchev–Trinajstić information content (AvgIpc) is 3.27. The monoisotopic (exact) mass is 390 g/mol. The zero-order valence-corrected chi connectivity index (χ0v) is 17.4. The SMILES string of the molecule is Cc1ccccc1-n1cccc1[C@H]1[C@@H](c2ccccn2)NC(=S)N1CC(C)C. The standard InChI is InChI=1S/C23H26N4S/c1-16(2)15-27-22(21(25-23(27)28)18-10-6-7-13-24-18)20-12-8-14-26(20)19-11-5-4-9-17(19)3/h4-14,16,21-22H,15H2,1-3H3,(H,25,28)/t21-,22+/m1/s1. The highest BCUT2D eigenvalue weighted by Gasteiger charge is 2.41. The Kier molecular flexibility index (Phi) is 5.18. The predicted molar refractivity (Wildman–Crippen MR) is 118 cm³/mol. The summed E-state index contributed by atoms with van der Waals surface area (Å²) in [5.41, 5.74) is 4.68. The molecule has 0 unspecified atom stereocenters. The highest BCUT2D eigenvalue weighted by atomic mass is 32.1. The summed E-state index contributed by atoms with van der Waals surface area (Å²) in [5.74, 6) is 0.506. The third kappa shape index (κ3) is 3.42. The van der Waals surface area contributed by atoms with Gasteiger partial charge in [-0.05, 0) is 61.0 Å². The number of benzene rings is 1. The summed E-state index contributed by atoms with van der Waals surface area (Å²) in [7, 11) is 0. The number of thiocarbonyl (C=S) groups is 1. The second-order valence-electron chi connectivity index (χ2n) is 7.76. The van der Waals surface area contributed by atoms with Crippen molar-refractivity contribution < 1.29 is 0 Å². The normalized spacial score (nSPS) is 19.3. The van der Waals surface area contributed by atoms with E-state index in [1.54, 1.807) is 0 Å². The zero-order chi connectivity index (χ0) is 19.7. The van der Waals surface area contributed by atoms with Gasteiger partial charge in [0.2, 0.25) is 0 Å². The number of hydrogen-bond acceptors (Lipinski definition) is 2. The smallest absolute Gasteiger partial charge is 0.170 e. The van der Waals surface area contributed by atoms with E-state index in [9.17, 15) is 0 Å². The van der Waals surface area contributed by atoms with E-state index < -0.39 is 0 Å². The number of pyridine rings is 1. The van der Waals surface area contributed by atoms with E-state index in [0.29, 0.717) is 5.92 Å². The van der Waals surface area contributed by atoms with Gasteiger partial charge in [-0.2, -0.15) is 0 Å². The Balaban J connectivity index is 1.83. The van der Waals surface area contributed by atoms with Gasteiger partial charge in [0.1, 0.15) is 0 Å². The molecule has 0 spiro atoms. The van der Waals surface area contributed by atoms with Crippen LogP contribution in [0.5, 0.6) is 0 Å². The van der Waals surface area contributed by atoms with Gasteiger partial charge in [-0.25, -0.2) is 0 Å². The molecular weight excluding hydrogens is 364 g/mol. The molecule has 5 heteroatoms. The minimum Gasteiger partial charge on any atom is -0.352 e. The van der Waals surface area contributed by atoms with Gasteiger partial charge >= 0.3 is 0 Å². The van der Waals surface area contributed by atoms with Gasteiger partial charge in [0.05, 0.1) is 17.8 Å². The van der Waals surface area contributed by atoms with Crippen molar-refractivity contribution in [1.29, 1.82) is 0 Å². The third-order valence-electron chi connectivity index (χ3n) is 5.22. The van der Waals surface area contributed by atoms with Crippen molar-refractivity contribution in [2.75, 3.05) is 6.54 Å². The Morgan fingerprint density at radius 2 is 1.86 bits per heavy atom. The summed E-state index contributed by atoms with van der Waals surface area (Å²) >= 11 is 5.75. The van der Waals surface area contributed by atoms with Gasteiger partial charge < -0.3 is 14.8 Å². The van der Waals surface area contributed by atoms with Crippen LogP contribution in [0.4, 0.5) is 0 Å². The molecule has 1 aromatic carbocycles. The van der Waals surface area contributed by atoms with Gasteiger partial charge in [0.25, 0.3) is 0 Å². The maximum absolute atomic E-state index is 5.75. The molecule has 1 aliphatic rings. The van der Waals surface area contributed by atoms with Crippen LogP contribution >= 0.6 is 12.2 Å². The van der Waals surface area contributed by atoms with E-state index >= 15 is 0 Å². The van der Waals surface area contributed by atoms with Gasteiger partial charge in [0, 0.05) is 30.3 Å². The molecule has 3 heterocycles. The second-order valence-corrected chi connectivity index (χ2v) is 8.15. The zero-order valence-electron chi connectivity index (χ0n) is 16.5. The quantitative estimate of drug-likeness (QED) is 0.634. The highest BCUT2D eigenvalue weighted by molar-refractivity contribution is 7.80. The van der Waals surface area contributed by atoms with Crippen LogP contribution in [0.25, 0.3) is 5.69 Å². The minimum atomic E-state index is 0.0186. The lowest BCUT2D eigenvalue weighted by Gasteiger charge is -2.30. The summed E-state index contributed by atoms with van der Waals surface area (Å²) in [6, 6.07) is 19.0. The molecule has 1 fully saturated rings. The molecule has 1 aliphatic heterocycles.